The average Bonchev–Trinajstić information content (AvgIpc) is 2.17. The van der Waals surface area contributed by atoms with Crippen LogP contribution in [-0.2, 0) is 14.3 Å². The molecule has 0 radical (unpaired) electrons. The molecule has 0 spiro atoms. The van der Waals surface area contributed by atoms with E-state index in [1.807, 2.05) is 13.8 Å². The van der Waals surface area contributed by atoms with Crippen molar-refractivity contribution in [1.29, 1.82) is 0 Å². The van der Waals surface area contributed by atoms with Gasteiger partial charge in [0.05, 0.1) is 6.10 Å². The van der Waals surface area contributed by atoms with Crippen LogP contribution in [0.25, 0.3) is 0 Å². The van der Waals surface area contributed by atoms with Gasteiger partial charge in [0.15, 0.2) is 0 Å². The summed E-state index contributed by atoms with van der Waals surface area (Å²) in [7, 11) is 0. The highest BCUT2D eigenvalue weighted by molar-refractivity contribution is 5.85. The fourth-order valence-corrected chi connectivity index (χ4v) is 0.402. The topological polar surface area (TPSA) is 38.8 Å². The van der Waals surface area contributed by atoms with Crippen LogP contribution in [0.3, 0.4) is 0 Å². The van der Waals surface area contributed by atoms with Gasteiger partial charge >= 0.3 is 12.3 Å². The van der Waals surface area contributed by atoms with Gasteiger partial charge in [-0.15, -0.1) is 0 Å². The van der Waals surface area contributed by atoms with Crippen LogP contribution in [0.1, 0.15) is 13.8 Å². The molecule has 1 aliphatic rings. The Hall–Kier alpha value is -0.570. The first-order valence-electron chi connectivity index (χ1n) is 2.56. The summed E-state index contributed by atoms with van der Waals surface area (Å²) in [5, 5.41) is 0. The zero-order valence-electron chi connectivity index (χ0n) is 4.88. The molecule has 1 unspecified atom stereocenters. The molecule has 46 valence electrons. The Morgan fingerprint density at radius 2 is 2.25 bits per heavy atom. The molecule has 0 aliphatic carbocycles. The summed E-state index contributed by atoms with van der Waals surface area (Å²) >= 11 is 0. The normalized spacial score (nSPS) is 25.9. The van der Waals surface area contributed by atoms with Gasteiger partial charge in [0.1, 0.15) is 0 Å². The van der Waals surface area contributed by atoms with Gasteiger partial charge in [-0.3, -0.25) is 0 Å². The SMILES string of the molecule is CC(C)OC1OC1=O. The van der Waals surface area contributed by atoms with Gasteiger partial charge in [-0.1, -0.05) is 0 Å². The molecule has 0 saturated carbocycles. The van der Waals surface area contributed by atoms with Crippen LogP contribution < -0.4 is 0 Å². The van der Waals surface area contributed by atoms with E-state index in [2.05, 4.69) is 4.74 Å². The molecule has 1 heterocycles. The highest BCUT2D eigenvalue weighted by Crippen LogP contribution is 2.14. The van der Waals surface area contributed by atoms with Crippen LogP contribution >= 0.6 is 0 Å². The lowest BCUT2D eigenvalue weighted by Crippen LogP contribution is -2.05. The van der Waals surface area contributed by atoms with Gasteiger partial charge in [-0.25, -0.2) is 4.79 Å². The third kappa shape index (κ3) is 1.20. The van der Waals surface area contributed by atoms with Crippen LogP contribution in [0.15, 0.2) is 0 Å². The molecule has 1 rings (SSSR count). The smallest absolute Gasteiger partial charge is 0.379 e. The number of rotatable bonds is 2. The lowest BCUT2D eigenvalue weighted by Gasteiger charge is -1.98. The van der Waals surface area contributed by atoms with Gasteiger partial charge in [-0.2, -0.15) is 0 Å². The first kappa shape index (κ1) is 5.56. The molecule has 0 aromatic rings. The van der Waals surface area contributed by atoms with Crippen molar-refractivity contribution in [1.82, 2.24) is 0 Å². The van der Waals surface area contributed by atoms with Crippen molar-refractivity contribution < 1.29 is 14.3 Å². The van der Waals surface area contributed by atoms with Crippen molar-refractivity contribution in [2.45, 2.75) is 26.2 Å². The van der Waals surface area contributed by atoms with Crippen LogP contribution in [0.4, 0.5) is 0 Å². The van der Waals surface area contributed by atoms with Gasteiger partial charge in [0.2, 0.25) is 0 Å². The van der Waals surface area contributed by atoms with Crippen LogP contribution in [0, 0.1) is 0 Å². The van der Waals surface area contributed by atoms with Crippen molar-refractivity contribution in [3.63, 3.8) is 0 Å². The Bertz CT molecular complexity index is 108. The summed E-state index contributed by atoms with van der Waals surface area (Å²) in [6.45, 7) is 3.71. The van der Waals surface area contributed by atoms with Gasteiger partial charge in [0.25, 0.3) is 0 Å². The van der Waals surface area contributed by atoms with E-state index in [1.54, 1.807) is 0 Å². The maximum absolute atomic E-state index is 10.1. The highest BCUT2D eigenvalue weighted by atomic mass is 16.8. The Balaban J connectivity index is 2.13. The van der Waals surface area contributed by atoms with Crippen molar-refractivity contribution in [3.05, 3.63) is 0 Å². The third-order valence-corrected chi connectivity index (χ3v) is 0.754. The summed E-state index contributed by atoms with van der Waals surface area (Å²) < 4.78 is 9.27. The number of epoxide rings is 1. The first-order valence-corrected chi connectivity index (χ1v) is 2.56. The van der Waals surface area contributed by atoms with E-state index in [4.69, 9.17) is 4.74 Å². The van der Waals surface area contributed by atoms with Crippen LogP contribution in [0.5, 0.6) is 0 Å². The Labute approximate surface area is 47.6 Å². The molecule has 0 bridgehead atoms. The largest absolute Gasteiger partial charge is 0.419 e. The molecule has 1 fully saturated rings. The number of hydrogen-bond donors (Lipinski definition) is 0. The zero-order valence-corrected chi connectivity index (χ0v) is 4.88. The maximum atomic E-state index is 10.1. The molecular weight excluding hydrogens is 108 g/mol. The summed E-state index contributed by atoms with van der Waals surface area (Å²) in [6, 6.07) is 0. The Kier molecular flexibility index (Phi) is 1.21. The second kappa shape index (κ2) is 1.74. The second-order valence-electron chi connectivity index (χ2n) is 1.95. The van der Waals surface area contributed by atoms with E-state index in [1.165, 1.54) is 0 Å². The van der Waals surface area contributed by atoms with E-state index < -0.39 is 6.29 Å². The molecule has 3 heteroatoms. The Morgan fingerprint density at radius 3 is 2.38 bits per heavy atom. The molecule has 1 aliphatic heterocycles. The van der Waals surface area contributed by atoms with E-state index in [0.717, 1.165) is 0 Å². The highest BCUT2D eigenvalue weighted by Gasteiger charge is 2.40. The van der Waals surface area contributed by atoms with Crippen molar-refractivity contribution >= 4 is 5.97 Å². The third-order valence-electron chi connectivity index (χ3n) is 0.754. The molecule has 8 heavy (non-hydrogen) atoms. The standard InChI is InChI=1S/C5H8O3/c1-3(2)7-5-4(6)8-5/h3,5H,1-2H3. The van der Waals surface area contributed by atoms with Gasteiger partial charge in [0, 0.05) is 0 Å². The number of hydrogen-bond acceptors (Lipinski definition) is 3. The molecule has 1 atom stereocenters. The summed E-state index contributed by atoms with van der Waals surface area (Å²) in [5.74, 6) is -0.251. The minimum atomic E-state index is -0.546. The molecule has 0 N–H and O–H groups in total. The number of carbonyl (C=O) groups excluding carboxylic acids is 1. The van der Waals surface area contributed by atoms with Crippen LogP contribution in [-0.4, -0.2) is 18.4 Å². The molecule has 0 amide bonds. The van der Waals surface area contributed by atoms with Crippen molar-refractivity contribution in [3.8, 4) is 0 Å². The summed E-state index contributed by atoms with van der Waals surface area (Å²) in [5.41, 5.74) is 0. The van der Waals surface area contributed by atoms with E-state index in [0.29, 0.717) is 0 Å². The minimum Gasteiger partial charge on any atom is -0.419 e. The Morgan fingerprint density at radius 1 is 1.75 bits per heavy atom. The number of cyclic esters (lactones) is 1. The molecule has 3 nitrogen and oxygen atoms in total. The predicted octanol–water partition coefficient (Wildman–Crippen LogP) is 0.294. The number of ether oxygens (including phenoxy) is 2. The molecule has 0 aromatic heterocycles. The lowest BCUT2D eigenvalue weighted by molar-refractivity contribution is -0.118. The first-order chi connectivity index (χ1) is 3.70. The monoisotopic (exact) mass is 116 g/mol. The minimum absolute atomic E-state index is 0.0754. The summed E-state index contributed by atoms with van der Waals surface area (Å²) in [4.78, 5) is 10.1. The molecule has 0 aromatic carbocycles. The van der Waals surface area contributed by atoms with Gasteiger partial charge in [-0.05, 0) is 13.8 Å². The predicted molar refractivity (Wildman–Crippen MR) is 26.1 cm³/mol. The number of carbonyl (C=O) groups is 1. The molecular formula is C5H8O3. The van der Waals surface area contributed by atoms with E-state index in [9.17, 15) is 4.79 Å². The van der Waals surface area contributed by atoms with Crippen LogP contribution in [0.2, 0.25) is 0 Å². The van der Waals surface area contributed by atoms with E-state index >= 15 is 0 Å². The van der Waals surface area contributed by atoms with E-state index in [-0.39, 0.29) is 12.1 Å². The fraction of sp³-hybridized carbons (Fsp3) is 0.800. The quantitative estimate of drug-likeness (QED) is 0.487. The average molecular weight is 116 g/mol. The van der Waals surface area contributed by atoms with Crippen molar-refractivity contribution in [2.24, 2.45) is 0 Å². The zero-order chi connectivity index (χ0) is 6.15. The lowest BCUT2D eigenvalue weighted by atomic mass is 10.5. The summed E-state index contributed by atoms with van der Waals surface area (Å²) in [6.07, 6.45) is -0.471. The van der Waals surface area contributed by atoms with Crippen molar-refractivity contribution in [2.75, 3.05) is 0 Å². The second-order valence-corrected chi connectivity index (χ2v) is 1.95. The van der Waals surface area contributed by atoms with Gasteiger partial charge < -0.3 is 9.47 Å². The maximum Gasteiger partial charge on any atom is 0.379 e. The fourth-order valence-electron chi connectivity index (χ4n) is 0.402. The molecule has 1 saturated heterocycles.